The van der Waals surface area contributed by atoms with Gasteiger partial charge in [-0.05, 0) is 38.1 Å². The molecule has 1 aromatic carbocycles. The van der Waals surface area contributed by atoms with Crippen LogP contribution in [0.1, 0.15) is 19.4 Å². The summed E-state index contributed by atoms with van der Waals surface area (Å²) in [4.78, 5) is 13.1. The van der Waals surface area contributed by atoms with Crippen LogP contribution in [0.5, 0.6) is 5.75 Å². The predicted molar refractivity (Wildman–Crippen MR) is 78.8 cm³/mol. The number of carbonyl (C=O) groups excluding carboxylic acids is 1. The lowest BCUT2D eigenvalue weighted by molar-refractivity contribution is -0.137. The molecule has 1 rings (SSSR count). The van der Waals surface area contributed by atoms with Gasteiger partial charge in [0.2, 0.25) is 5.91 Å². The molecule has 0 aliphatic carbocycles. The first-order chi connectivity index (χ1) is 10.4. The maximum absolute atomic E-state index is 12.4. The molecule has 1 amide bonds. The highest BCUT2D eigenvalue weighted by molar-refractivity contribution is 5.84. The van der Waals surface area contributed by atoms with E-state index < -0.39 is 23.4 Å². The highest BCUT2D eigenvalue weighted by Crippen LogP contribution is 2.30. The Hall–Kier alpha value is -1.80. The third kappa shape index (κ3) is 6.07. The molecule has 1 unspecified atom stereocenters. The number of nitrogens with two attached hydrogens (primary N) is 1. The molecule has 0 saturated carbocycles. The fraction of sp³-hybridized carbons (Fsp3) is 0.533. The first kappa shape index (κ1) is 19.2. The van der Waals surface area contributed by atoms with Gasteiger partial charge in [0.15, 0.2) is 0 Å². The summed E-state index contributed by atoms with van der Waals surface area (Å²) in [5.41, 5.74) is 3.84. The van der Waals surface area contributed by atoms with E-state index in [1.54, 1.807) is 13.8 Å². The van der Waals surface area contributed by atoms with Gasteiger partial charge in [-0.3, -0.25) is 4.79 Å². The first-order valence-corrected chi connectivity index (χ1v) is 6.94. The van der Waals surface area contributed by atoms with Crippen molar-refractivity contribution in [3.8, 4) is 5.75 Å². The summed E-state index contributed by atoms with van der Waals surface area (Å²) >= 11 is 0. The van der Waals surface area contributed by atoms with Gasteiger partial charge < -0.3 is 20.5 Å². The number of amides is 1. The molecule has 1 aromatic rings. The van der Waals surface area contributed by atoms with Crippen molar-refractivity contribution in [2.75, 3.05) is 20.2 Å². The predicted octanol–water partition coefficient (Wildman–Crippen LogP) is 1.64. The molecule has 3 N–H and O–H groups in total. The maximum Gasteiger partial charge on any atom is 0.416 e. The molecule has 0 aliphatic heterocycles. The molecule has 8 heteroatoms. The summed E-state index contributed by atoms with van der Waals surface area (Å²) in [5, 5.41) is 9.84. The summed E-state index contributed by atoms with van der Waals surface area (Å²) in [5.74, 6) is -0.142. The summed E-state index contributed by atoms with van der Waals surface area (Å²) < 4.78 is 42.5. The molecule has 5 nitrogen and oxygen atoms in total. The van der Waals surface area contributed by atoms with Crippen LogP contribution >= 0.6 is 0 Å². The normalized spacial score (nSPS) is 13.6. The number of hydrogen-bond donors (Lipinski definition) is 2. The highest BCUT2D eigenvalue weighted by Gasteiger charge is 2.30. The fourth-order valence-corrected chi connectivity index (χ4v) is 1.88. The van der Waals surface area contributed by atoms with E-state index in [0.29, 0.717) is 0 Å². The Morgan fingerprint density at radius 1 is 1.30 bits per heavy atom. The van der Waals surface area contributed by atoms with Gasteiger partial charge in [-0.25, -0.2) is 0 Å². The number of rotatable bonds is 6. The lowest BCUT2D eigenvalue weighted by Gasteiger charge is -2.27. The molecule has 1 atom stereocenters. The van der Waals surface area contributed by atoms with Gasteiger partial charge in [0.1, 0.15) is 18.5 Å². The van der Waals surface area contributed by atoms with Crippen molar-refractivity contribution in [1.29, 1.82) is 0 Å². The molecular formula is C15H21F3N2O3. The number of hydrogen-bond acceptors (Lipinski definition) is 4. The van der Waals surface area contributed by atoms with Crippen molar-refractivity contribution >= 4 is 5.91 Å². The molecule has 23 heavy (non-hydrogen) atoms. The zero-order chi connectivity index (χ0) is 17.8. The van der Waals surface area contributed by atoms with Crippen LogP contribution < -0.4 is 10.5 Å². The van der Waals surface area contributed by atoms with Gasteiger partial charge in [-0.2, -0.15) is 13.2 Å². The summed E-state index contributed by atoms with van der Waals surface area (Å²) in [6.45, 7) is 2.95. The molecular weight excluding hydrogens is 313 g/mol. The molecule has 0 heterocycles. The van der Waals surface area contributed by atoms with Crippen molar-refractivity contribution in [1.82, 2.24) is 4.90 Å². The number of alkyl halides is 3. The maximum atomic E-state index is 12.4. The van der Waals surface area contributed by atoms with Crippen LogP contribution in [-0.4, -0.2) is 47.8 Å². The van der Waals surface area contributed by atoms with E-state index in [-0.39, 0.29) is 24.8 Å². The minimum absolute atomic E-state index is 0.0000972. The van der Waals surface area contributed by atoms with Gasteiger partial charge in [-0.15, -0.1) is 0 Å². The number of carbonyl (C=O) groups is 1. The van der Waals surface area contributed by atoms with E-state index in [9.17, 15) is 23.1 Å². The number of aliphatic hydroxyl groups is 1. The molecule has 130 valence electrons. The molecule has 0 fully saturated rings. The number of ether oxygens (including phenoxy) is 1. The average Bonchev–Trinajstić information content (AvgIpc) is 2.42. The Balaban J connectivity index is 2.50. The Morgan fingerprint density at radius 2 is 1.83 bits per heavy atom. The minimum atomic E-state index is -4.41. The molecule has 0 aromatic heterocycles. The van der Waals surface area contributed by atoms with Crippen LogP contribution in [0.25, 0.3) is 0 Å². The number of benzene rings is 1. The van der Waals surface area contributed by atoms with Gasteiger partial charge in [0.05, 0.1) is 11.1 Å². The number of halogens is 3. The quantitative estimate of drug-likeness (QED) is 0.829. The monoisotopic (exact) mass is 334 g/mol. The molecule has 0 bridgehead atoms. The Kier molecular flexibility index (Phi) is 6.01. The van der Waals surface area contributed by atoms with Gasteiger partial charge in [0.25, 0.3) is 0 Å². The van der Waals surface area contributed by atoms with E-state index in [1.807, 2.05) is 0 Å². The second-order valence-corrected chi connectivity index (χ2v) is 5.89. The smallest absolute Gasteiger partial charge is 0.416 e. The van der Waals surface area contributed by atoms with Crippen molar-refractivity contribution in [3.63, 3.8) is 0 Å². The molecule has 0 radical (unpaired) electrons. The van der Waals surface area contributed by atoms with Crippen LogP contribution in [0.3, 0.4) is 0 Å². The summed E-state index contributed by atoms with van der Waals surface area (Å²) in [7, 11) is 1.50. The number of likely N-dealkylation sites (N-methyl/N-ethyl adjacent to an activating group) is 1. The van der Waals surface area contributed by atoms with E-state index in [1.165, 1.54) is 24.1 Å². The topological polar surface area (TPSA) is 75.8 Å². The van der Waals surface area contributed by atoms with Crippen LogP contribution in [0, 0.1) is 0 Å². The minimum Gasteiger partial charge on any atom is -0.491 e. The second-order valence-electron chi connectivity index (χ2n) is 5.89. The average molecular weight is 334 g/mol. The molecule has 0 aliphatic rings. The third-order valence-corrected chi connectivity index (χ3v) is 3.01. The zero-order valence-electron chi connectivity index (χ0n) is 13.2. The summed E-state index contributed by atoms with van der Waals surface area (Å²) in [6.07, 6.45) is -5.40. The van der Waals surface area contributed by atoms with Gasteiger partial charge >= 0.3 is 6.18 Å². The Labute approximate surface area is 132 Å². The van der Waals surface area contributed by atoms with Gasteiger partial charge in [0, 0.05) is 13.6 Å². The van der Waals surface area contributed by atoms with E-state index >= 15 is 0 Å². The van der Waals surface area contributed by atoms with E-state index in [2.05, 4.69) is 0 Å². The van der Waals surface area contributed by atoms with Crippen molar-refractivity contribution in [2.24, 2.45) is 5.73 Å². The van der Waals surface area contributed by atoms with Crippen LogP contribution in [0.15, 0.2) is 24.3 Å². The first-order valence-electron chi connectivity index (χ1n) is 6.94. The van der Waals surface area contributed by atoms with Crippen molar-refractivity contribution < 1.29 is 27.8 Å². The second kappa shape index (κ2) is 7.18. The van der Waals surface area contributed by atoms with Crippen molar-refractivity contribution in [2.45, 2.75) is 31.7 Å². The Bertz CT molecular complexity index is 524. The van der Waals surface area contributed by atoms with Crippen LogP contribution in [0.4, 0.5) is 13.2 Å². The van der Waals surface area contributed by atoms with E-state index in [0.717, 1.165) is 12.1 Å². The highest BCUT2D eigenvalue weighted by atomic mass is 19.4. The standard InChI is InChI=1S/C15H21F3N2O3/c1-14(2,19)13(22)20(3)8-11(21)9-23-12-6-4-10(5-7-12)15(16,17)18/h4-7,11,21H,8-9,19H2,1-3H3. The third-order valence-electron chi connectivity index (χ3n) is 3.01. The molecule has 0 spiro atoms. The number of nitrogens with zero attached hydrogens (tertiary/aromatic N) is 1. The lowest BCUT2D eigenvalue weighted by atomic mass is 10.1. The largest absolute Gasteiger partial charge is 0.491 e. The SMILES string of the molecule is CN(CC(O)COc1ccc(C(F)(F)F)cc1)C(=O)C(C)(C)N. The Morgan fingerprint density at radius 3 is 2.26 bits per heavy atom. The summed E-state index contributed by atoms with van der Waals surface area (Å²) in [6, 6.07) is 4.14. The zero-order valence-corrected chi connectivity index (χ0v) is 13.2. The van der Waals surface area contributed by atoms with E-state index in [4.69, 9.17) is 10.5 Å². The fourth-order valence-electron chi connectivity index (χ4n) is 1.88. The number of aliphatic hydroxyl groups excluding tert-OH is 1. The molecule has 0 saturated heterocycles. The lowest BCUT2D eigenvalue weighted by Crippen LogP contribution is -2.51. The van der Waals surface area contributed by atoms with Crippen molar-refractivity contribution in [3.05, 3.63) is 29.8 Å². The van der Waals surface area contributed by atoms with Crippen LogP contribution in [0.2, 0.25) is 0 Å². The van der Waals surface area contributed by atoms with Gasteiger partial charge in [-0.1, -0.05) is 0 Å². The van der Waals surface area contributed by atoms with Crippen LogP contribution in [-0.2, 0) is 11.0 Å².